The number of fused-ring (bicyclic) bond motifs is 2. The maximum Gasteiger partial charge on any atom is 0.340 e. The van der Waals surface area contributed by atoms with Crippen molar-refractivity contribution in [1.82, 2.24) is 4.90 Å². The summed E-state index contributed by atoms with van der Waals surface area (Å²) in [5, 5.41) is -0.151. The van der Waals surface area contributed by atoms with Crippen LogP contribution in [-0.4, -0.2) is 47.0 Å². The van der Waals surface area contributed by atoms with Gasteiger partial charge in [0.15, 0.2) is 18.2 Å². The summed E-state index contributed by atoms with van der Waals surface area (Å²) in [6.07, 6.45) is 0. The molecule has 0 aliphatic heterocycles. The summed E-state index contributed by atoms with van der Waals surface area (Å²) in [5.41, 5.74) is 0.593. The van der Waals surface area contributed by atoms with E-state index < -0.39 is 18.4 Å². The quantitative estimate of drug-likeness (QED) is 0.576. The summed E-state index contributed by atoms with van der Waals surface area (Å²) in [7, 11) is 0. The minimum absolute atomic E-state index is 0.0212. The molecule has 30 heavy (non-hydrogen) atoms. The Morgan fingerprint density at radius 1 is 0.900 bits per heavy atom. The molecule has 0 spiro atoms. The Balaban J connectivity index is 1.87. The Kier molecular flexibility index (Phi) is 6.08. The topological polar surface area (TPSA) is 80.8 Å². The molecule has 1 amide bonds. The van der Waals surface area contributed by atoms with Gasteiger partial charge in [-0.3, -0.25) is 14.4 Å². The monoisotopic (exact) mass is 427 g/mol. The van der Waals surface area contributed by atoms with E-state index >= 15 is 0 Å². The number of amides is 1. The second-order valence-corrected chi connectivity index (χ2v) is 8.00. The summed E-state index contributed by atoms with van der Waals surface area (Å²) < 4.78 is 5.16. The Morgan fingerprint density at radius 2 is 1.47 bits per heavy atom. The number of hydrogen-bond donors (Lipinski definition) is 0. The van der Waals surface area contributed by atoms with Crippen molar-refractivity contribution in [3.8, 4) is 0 Å². The second-order valence-electron chi connectivity index (χ2n) is 7.62. The third-order valence-electron chi connectivity index (χ3n) is 4.98. The number of esters is 1. The second kappa shape index (κ2) is 8.40. The van der Waals surface area contributed by atoms with Gasteiger partial charge in [0.1, 0.15) is 0 Å². The first-order valence-electron chi connectivity index (χ1n) is 9.64. The molecule has 2 aromatic carbocycles. The van der Waals surface area contributed by atoms with Crippen LogP contribution >= 0.6 is 11.6 Å². The third kappa shape index (κ3) is 3.75. The number of ether oxygens (including phenoxy) is 1. The fourth-order valence-corrected chi connectivity index (χ4v) is 4.08. The molecular formula is C23H22ClNO5. The van der Waals surface area contributed by atoms with Gasteiger partial charge < -0.3 is 9.64 Å². The summed E-state index contributed by atoms with van der Waals surface area (Å²) in [6.45, 7) is 7.06. The number of benzene rings is 2. The molecule has 3 rings (SSSR count). The van der Waals surface area contributed by atoms with Gasteiger partial charge in [0.2, 0.25) is 0 Å². The molecule has 1 aliphatic carbocycles. The van der Waals surface area contributed by atoms with E-state index in [0.29, 0.717) is 5.56 Å². The van der Waals surface area contributed by atoms with Gasteiger partial charge in [-0.2, -0.15) is 0 Å². The number of hydrogen-bond acceptors (Lipinski definition) is 5. The normalized spacial score (nSPS) is 12.6. The lowest BCUT2D eigenvalue weighted by molar-refractivity contribution is -0.138. The van der Waals surface area contributed by atoms with Crippen molar-refractivity contribution < 1.29 is 23.9 Å². The van der Waals surface area contributed by atoms with Crippen LogP contribution in [0, 0.1) is 0 Å². The van der Waals surface area contributed by atoms with Gasteiger partial charge >= 0.3 is 5.97 Å². The molecule has 1 aliphatic rings. The molecule has 0 unspecified atom stereocenters. The number of carbonyl (C=O) groups excluding carboxylic acids is 4. The summed E-state index contributed by atoms with van der Waals surface area (Å²) >= 11 is 6.36. The predicted octanol–water partition coefficient (Wildman–Crippen LogP) is 3.92. The molecular weight excluding hydrogens is 406 g/mol. The zero-order valence-electron chi connectivity index (χ0n) is 17.2. The van der Waals surface area contributed by atoms with Crippen molar-refractivity contribution in [2.45, 2.75) is 39.8 Å². The minimum Gasteiger partial charge on any atom is -0.452 e. The highest BCUT2D eigenvalue weighted by Crippen LogP contribution is 2.34. The Labute approximate surface area is 179 Å². The van der Waals surface area contributed by atoms with Crippen LogP contribution in [0.25, 0.3) is 0 Å². The van der Waals surface area contributed by atoms with E-state index in [1.807, 2.05) is 27.7 Å². The van der Waals surface area contributed by atoms with E-state index in [4.69, 9.17) is 16.3 Å². The number of ketones is 2. The molecule has 0 radical (unpaired) electrons. The molecule has 0 saturated carbocycles. The number of nitrogens with zero attached hydrogens (tertiary/aromatic N) is 1. The summed E-state index contributed by atoms with van der Waals surface area (Å²) in [6, 6.07) is 9.10. The molecule has 0 bridgehead atoms. The van der Waals surface area contributed by atoms with Gasteiger partial charge in [-0.05, 0) is 39.8 Å². The van der Waals surface area contributed by atoms with Gasteiger partial charge in [0.25, 0.3) is 5.91 Å². The van der Waals surface area contributed by atoms with Crippen LogP contribution in [0.4, 0.5) is 0 Å². The molecule has 2 aromatic rings. The average Bonchev–Trinajstić information content (AvgIpc) is 2.69. The molecule has 0 heterocycles. The molecule has 156 valence electrons. The van der Waals surface area contributed by atoms with Gasteiger partial charge in [0.05, 0.1) is 16.1 Å². The maximum absolute atomic E-state index is 12.9. The average molecular weight is 428 g/mol. The van der Waals surface area contributed by atoms with Gasteiger partial charge in [0, 0.05) is 28.8 Å². The van der Waals surface area contributed by atoms with Crippen LogP contribution < -0.4 is 0 Å². The van der Waals surface area contributed by atoms with Crippen molar-refractivity contribution in [3.63, 3.8) is 0 Å². The van der Waals surface area contributed by atoms with E-state index in [1.54, 1.807) is 29.2 Å². The zero-order valence-corrected chi connectivity index (χ0v) is 17.9. The number of carbonyl (C=O) groups is 4. The fraction of sp³-hybridized carbons (Fsp3) is 0.304. The van der Waals surface area contributed by atoms with Crippen LogP contribution in [0.15, 0.2) is 36.4 Å². The highest BCUT2D eigenvalue weighted by Gasteiger charge is 2.33. The van der Waals surface area contributed by atoms with Crippen molar-refractivity contribution in [3.05, 3.63) is 69.2 Å². The van der Waals surface area contributed by atoms with Gasteiger partial charge in [-0.25, -0.2) is 4.79 Å². The van der Waals surface area contributed by atoms with Crippen molar-refractivity contribution in [2.24, 2.45) is 0 Å². The SMILES string of the molecule is CC(C)N(C(=O)COC(=O)c1ccc2c(c1Cl)C(=O)c1ccccc1C2=O)C(C)C. The van der Waals surface area contributed by atoms with Crippen LogP contribution in [0.2, 0.25) is 5.02 Å². The standard InChI is InChI=1S/C23H22ClNO5/c1-12(2)25(13(3)4)18(26)11-30-23(29)17-10-9-16-19(20(17)24)22(28)15-8-6-5-7-14(15)21(16)27/h5-10,12-13H,11H2,1-4H3. The van der Waals surface area contributed by atoms with Gasteiger partial charge in [-0.1, -0.05) is 35.9 Å². The van der Waals surface area contributed by atoms with Crippen molar-refractivity contribution >= 4 is 35.0 Å². The van der Waals surface area contributed by atoms with Crippen molar-refractivity contribution in [2.75, 3.05) is 6.61 Å². The number of halogens is 1. The lowest BCUT2D eigenvalue weighted by Gasteiger charge is -2.30. The third-order valence-corrected chi connectivity index (χ3v) is 5.37. The van der Waals surface area contributed by atoms with Gasteiger partial charge in [-0.15, -0.1) is 0 Å². The first-order valence-corrected chi connectivity index (χ1v) is 10.0. The molecule has 0 N–H and O–H groups in total. The van der Waals surface area contributed by atoms with E-state index in [9.17, 15) is 19.2 Å². The maximum atomic E-state index is 12.9. The molecule has 0 fully saturated rings. The molecule has 6 nitrogen and oxygen atoms in total. The Hall–Kier alpha value is -2.99. The summed E-state index contributed by atoms with van der Waals surface area (Å²) in [5.74, 6) is -1.92. The lowest BCUT2D eigenvalue weighted by Crippen LogP contribution is -2.44. The lowest BCUT2D eigenvalue weighted by atomic mass is 9.83. The fourth-order valence-electron chi connectivity index (χ4n) is 3.76. The molecule has 7 heteroatoms. The minimum atomic E-state index is -0.831. The largest absolute Gasteiger partial charge is 0.452 e. The van der Waals surface area contributed by atoms with E-state index in [1.165, 1.54) is 12.1 Å². The van der Waals surface area contributed by atoms with E-state index in [0.717, 1.165) is 0 Å². The highest BCUT2D eigenvalue weighted by atomic mass is 35.5. The van der Waals surface area contributed by atoms with Crippen molar-refractivity contribution in [1.29, 1.82) is 0 Å². The van der Waals surface area contributed by atoms with Crippen LogP contribution in [-0.2, 0) is 9.53 Å². The molecule has 0 aromatic heterocycles. The zero-order chi connectivity index (χ0) is 22.2. The smallest absolute Gasteiger partial charge is 0.340 e. The Bertz CT molecular complexity index is 1050. The number of rotatable bonds is 5. The Morgan fingerprint density at radius 3 is 2.03 bits per heavy atom. The van der Waals surface area contributed by atoms with Crippen LogP contribution in [0.3, 0.4) is 0 Å². The van der Waals surface area contributed by atoms with E-state index in [-0.39, 0.29) is 51.1 Å². The van der Waals surface area contributed by atoms with Crippen LogP contribution in [0.1, 0.15) is 69.9 Å². The highest BCUT2D eigenvalue weighted by molar-refractivity contribution is 6.41. The van der Waals surface area contributed by atoms with Crippen LogP contribution in [0.5, 0.6) is 0 Å². The first-order chi connectivity index (χ1) is 14.1. The molecule has 0 atom stereocenters. The first kappa shape index (κ1) is 21.7. The summed E-state index contributed by atoms with van der Waals surface area (Å²) in [4.78, 5) is 52.3. The predicted molar refractivity (Wildman–Crippen MR) is 112 cm³/mol. The molecule has 0 saturated heterocycles. The van der Waals surface area contributed by atoms with E-state index in [2.05, 4.69) is 0 Å².